The maximum absolute atomic E-state index is 13.0. The first-order valence-electron chi connectivity index (χ1n) is 8.42. The summed E-state index contributed by atoms with van der Waals surface area (Å²) in [6, 6.07) is 13.2. The number of anilines is 1. The molecule has 4 rings (SSSR count). The molecule has 0 amide bonds. The topological polar surface area (TPSA) is 66.4 Å². The van der Waals surface area contributed by atoms with Crippen molar-refractivity contribution in [1.29, 1.82) is 0 Å². The van der Waals surface area contributed by atoms with Crippen molar-refractivity contribution in [3.8, 4) is 11.3 Å². The highest BCUT2D eigenvalue weighted by Gasteiger charge is 2.29. The van der Waals surface area contributed by atoms with Gasteiger partial charge in [-0.25, -0.2) is 12.8 Å². The number of aromatic nitrogens is 2. The Kier molecular flexibility index (Phi) is 4.90. The Balaban J connectivity index is 1.43. The molecule has 0 radical (unpaired) electrons. The first kappa shape index (κ1) is 18.0. The quantitative estimate of drug-likeness (QED) is 0.669. The number of benzene rings is 1. The van der Waals surface area contributed by atoms with Crippen molar-refractivity contribution in [2.45, 2.75) is 4.21 Å². The summed E-state index contributed by atoms with van der Waals surface area (Å²) in [5, 5.41) is 10.2. The Labute approximate surface area is 160 Å². The third kappa shape index (κ3) is 3.71. The van der Waals surface area contributed by atoms with Crippen LogP contribution in [0.4, 0.5) is 10.2 Å². The molecule has 27 heavy (non-hydrogen) atoms. The van der Waals surface area contributed by atoms with Gasteiger partial charge in [-0.15, -0.1) is 21.5 Å². The normalized spacial score (nSPS) is 15.8. The Bertz CT molecular complexity index is 999. The van der Waals surface area contributed by atoms with Crippen molar-refractivity contribution < 1.29 is 12.8 Å². The fourth-order valence-electron chi connectivity index (χ4n) is 2.96. The summed E-state index contributed by atoms with van der Waals surface area (Å²) < 4.78 is 40.1. The molecule has 1 aliphatic rings. The van der Waals surface area contributed by atoms with Crippen molar-refractivity contribution in [3.05, 3.63) is 59.7 Å². The van der Waals surface area contributed by atoms with Gasteiger partial charge >= 0.3 is 0 Å². The second-order valence-electron chi connectivity index (χ2n) is 6.11. The number of halogens is 1. The van der Waals surface area contributed by atoms with Crippen molar-refractivity contribution in [3.63, 3.8) is 0 Å². The number of nitrogens with zero attached hydrogens (tertiary/aromatic N) is 4. The average Bonchev–Trinajstić information content (AvgIpc) is 3.25. The number of sulfonamides is 1. The van der Waals surface area contributed by atoms with Crippen LogP contribution in [0.25, 0.3) is 11.3 Å². The zero-order valence-corrected chi connectivity index (χ0v) is 16.0. The number of piperazine rings is 1. The van der Waals surface area contributed by atoms with Gasteiger partial charge in [0.25, 0.3) is 10.0 Å². The first-order valence-corrected chi connectivity index (χ1v) is 10.7. The largest absolute Gasteiger partial charge is 0.352 e. The molecule has 6 nitrogen and oxygen atoms in total. The van der Waals surface area contributed by atoms with E-state index >= 15 is 0 Å². The molecule has 0 N–H and O–H groups in total. The number of hydrogen-bond acceptors (Lipinski definition) is 6. The summed E-state index contributed by atoms with van der Waals surface area (Å²) in [5.41, 5.74) is 1.46. The van der Waals surface area contributed by atoms with Crippen molar-refractivity contribution >= 4 is 27.2 Å². The van der Waals surface area contributed by atoms with E-state index < -0.39 is 10.0 Å². The van der Waals surface area contributed by atoms with E-state index in [2.05, 4.69) is 10.2 Å². The minimum absolute atomic E-state index is 0.293. The standard InChI is InChI=1S/C18H17FN4O2S2/c19-15-5-3-14(4-6-15)16-7-8-17(21-20-16)22-9-11-23(12-10-22)27(24,25)18-2-1-13-26-18/h1-8,13H,9-12H2. The molecule has 9 heteroatoms. The van der Waals surface area contributed by atoms with Gasteiger partial charge in [-0.3, -0.25) is 0 Å². The molecule has 3 heterocycles. The van der Waals surface area contributed by atoms with Gasteiger partial charge in [0, 0.05) is 31.7 Å². The molecule has 0 atom stereocenters. The van der Waals surface area contributed by atoms with Gasteiger partial charge in [0.1, 0.15) is 10.0 Å². The van der Waals surface area contributed by atoms with E-state index in [0.717, 1.165) is 5.56 Å². The van der Waals surface area contributed by atoms with Crippen LogP contribution in [0.3, 0.4) is 0 Å². The van der Waals surface area contributed by atoms with Gasteiger partial charge < -0.3 is 4.90 Å². The molecule has 1 saturated heterocycles. The third-order valence-corrected chi connectivity index (χ3v) is 7.71. The lowest BCUT2D eigenvalue weighted by atomic mass is 10.1. The highest BCUT2D eigenvalue weighted by molar-refractivity contribution is 7.91. The van der Waals surface area contributed by atoms with Crippen LogP contribution in [0, 0.1) is 5.82 Å². The predicted octanol–water partition coefficient (Wildman–Crippen LogP) is 2.86. The lowest BCUT2D eigenvalue weighted by molar-refractivity contribution is 0.384. The summed E-state index contributed by atoms with van der Waals surface area (Å²) in [4.78, 5) is 2.02. The first-order chi connectivity index (χ1) is 13.0. The molecular formula is C18H17FN4O2S2. The zero-order chi connectivity index (χ0) is 18.9. The minimum Gasteiger partial charge on any atom is -0.352 e. The molecule has 3 aromatic rings. The molecular weight excluding hydrogens is 387 g/mol. The molecule has 0 aliphatic carbocycles. The SMILES string of the molecule is O=S(=O)(c1cccs1)N1CCN(c2ccc(-c3ccc(F)cc3)nn2)CC1. The predicted molar refractivity (Wildman–Crippen MR) is 103 cm³/mol. The van der Waals surface area contributed by atoms with Crippen LogP contribution in [-0.2, 0) is 10.0 Å². The Morgan fingerprint density at radius 2 is 1.67 bits per heavy atom. The fraction of sp³-hybridized carbons (Fsp3) is 0.222. The molecule has 1 aliphatic heterocycles. The molecule has 1 aromatic carbocycles. The van der Waals surface area contributed by atoms with Crippen LogP contribution in [0.5, 0.6) is 0 Å². The lowest BCUT2D eigenvalue weighted by Crippen LogP contribution is -2.48. The van der Waals surface area contributed by atoms with Crippen LogP contribution in [0.15, 0.2) is 58.1 Å². The smallest absolute Gasteiger partial charge is 0.252 e. The molecule has 2 aromatic heterocycles. The van der Waals surface area contributed by atoms with E-state index in [1.165, 1.54) is 27.8 Å². The van der Waals surface area contributed by atoms with E-state index in [-0.39, 0.29) is 5.82 Å². The van der Waals surface area contributed by atoms with Crippen molar-refractivity contribution in [2.75, 3.05) is 31.1 Å². The maximum Gasteiger partial charge on any atom is 0.252 e. The molecule has 0 unspecified atom stereocenters. The monoisotopic (exact) mass is 404 g/mol. The number of thiophene rings is 1. The Hall–Kier alpha value is -2.36. The van der Waals surface area contributed by atoms with Gasteiger partial charge in [0.15, 0.2) is 5.82 Å². The van der Waals surface area contributed by atoms with Crippen molar-refractivity contribution in [2.24, 2.45) is 0 Å². The minimum atomic E-state index is -3.41. The van der Waals surface area contributed by atoms with Crippen LogP contribution < -0.4 is 4.90 Å². The Morgan fingerprint density at radius 1 is 0.926 bits per heavy atom. The fourth-order valence-corrected chi connectivity index (χ4v) is 5.53. The molecule has 0 bridgehead atoms. The van der Waals surface area contributed by atoms with Gasteiger partial charge in [0.05, 0.1) is 5.69 Å². The van der Waals surface area contributed by atoms with E-state index in [4.69, 9.17) is 0 Å². The summed E-state index contributed by atoms with van der Waals surface area (Å²) in [5.74, 6) is 0.410. The van der Waals surface area contributed by atoms with Crippen LogP contribution in [0.1, 0.15) is 0 Å². The molecule has 0 spiro atoms. The number of hydrogen-bond donors (Lipinski definition) is 0. The molecule has 140 valence electrons. The molecule has 1 fully saturated rings. The Morgan fingerprint density at radius 3 is 2.26 bits per heavy atom. The molecule has 0 saturated carbocycles. The van der Waals surface area contributed by atoms with Crippen LogP contribution >= 0.6 is 11.3 Å². The summed E-state index contributed by atoms with van der Waals surface area (Å²) in [6.07, 6.45) is 0. The van der Waals surface area contributed by atoms with Gasteiger partial charge in [-0.1, -0.05) is 6.07 Å². The highest BCUT2D eigenvalue weighted by Crippen LogP contribution is 2.24. The highest BCUT2D eigenvalue weighted by atomic mass is 32.2. The van der Waals surface area contributed by atoms with Gasteiger partial charge in [0.2, 0.25) is 0 Å². The van der Waals surface area contributed by atoms with E-state index in [9.17, 15) is 12.8 Å². The maximum atomic E-state index is 13.0. The van der Waals surface area contributed by atoms with E-state index in [0.29, 0.717) is 41.9 Å². The van der Waals surface area contributed by atoms with Gasteiger partial charge in [-0.2, -0.15) is 4.31 Å². The third-order valence-electron chi connectivity index (χ3n) is 4.44. The van der Waals surface area contributed by atoms with Gasteiger partial charge in [-0.05, 0) is 47.8 Å². The van der Waals surface area contributed by atoms with Crippen molar-refractivity contribution in [1.82, 2.24) is 14.5 Å². The summed E-state index contributed by atoms with van der Waals surface area (Å²) in [7, 11) is -3.41. The average molecular weight is 404 g/mol. The zero-order valence-electron chi connectivity index (χ0n) is 14.3. The van der Waals surface area contributed by atoms with E-state index in [1.54, 1.807) is 29.6 Å². The summed E-state index contributed by atoms with van der Waals surface area (Å²) >= 11 is 1.23. The van der Waals surface area contributed by atoms with Crippen LogP contribution in [0.2, 0.25) is 0 Å². The summed E-state index contributed by atoms with van der Waals surface area (Å²) in [6.45, 7) is 1.91. The number of rotatable bonds is 4. The van der Waals surface area contributed by atoms with E-state index in [1.807, 2.05) is 17.0 Å². The lowest BCUT2D eigenvalue weighted by Gasteiger charge is -2.34. The second-order valence-corrected chi connectivity index (χ2v) is 9.22. The van der Waals surface area contributed by atoms with Crippen LogP contribution in [-0.4, -0.2) is 49.1 Å². The second kappa shape index (κ2) is 7.34.